The lowest BCUT2D eigenvalue weighted by Crippen LogP contribution is -2.34. The quantitative estimate of drug-likeness (QED) is 0.555. The second kappa shape index (κ2) is 7.65. The van der Waals surface area contributed by atoms with Crippen molar-refractivity contribution in [1.82, 2.24) is 20.5 Å². The Labute approximate surface area is 146 Å². The number of urea groups is 1. The molecule has 2 amide bonds. The summed E-state index contributed by atoms with van der Waals surface area (Å²) in [6.45, 7) is 4.54. The van der Waals surface area contributed by atoms with Crippen LogP contribution in [0, 0.1) is 0 Å². The van der Waals surface area contributed by atoms with Crippen LogP contribution < -0.4 is 16.0 Å². The molecule has 3 rings (SSSR count). The monoisotopic (exact) mass is 338 g/mol. The molecule has 0 fully saturated rings. The maximum atomic E-state index is 11.6. The van der Waals surface area contributed by atoms with Crippen molar-refractivity contribution < 1.29 is 4.79 Å². The molecule has 0 atom stereocenters. The number of rotatable bonds is 6. The minimum Gasteiger partial charge on any atom is -0.368 e. The number of carbonyl (C=O) groups excluding carboxylic acids is 1. The molecule has 0 aliphatic carbocycles. The summed E-state index contributed by atoms with van der Waals surface area (Å²) in [5.74, 6) is 1.09. The maximum Gasteiger partial charge on any atom is 0.320 e. The summed E-state index contributed by atoms with van der Waals surface area (Å²) < 4.78 is 0. The molecule has 0 radical (unpaired) electrons. The van der Waals surface area contributed by atoms with Crippen LogP contribution in [0.2, 0.25) is 0 Å². The summed E-state index contributed by atoms with van der Waals surface area (Å²) in [4.78, 5) is 14.9. The normalized spacial score (nSPS) is 10.8. The van der Waals surface area contributed by atoms with Crippen LogP contribution in [0.4, 0.5) is 16.4 Å². The molecular formula is C18H22N6O. The van der Waals surface area contributed by atoms with Crippen molar-refractivity contribution in [3.05, 3.63) is 48.2 Å². The maximum absolute atomic E-state index is 11.6. The smallest absolute Gasteiger partial charge is 0.320 e. The third kappa shape index (κ3) is 4.47. The number of carbonyl (C=O) groups is 1. The molecule has 0 aliphatic rings. The predicted molar refractivity (Wildman–Crippen MR) is 99.8 cm³/mol. The number of nitrogens with one attached hydrogen (secondary N) is 4. The zero-order valence-corrected chi connectivity index (χ0v) is 14.3. The average molecular weight is 338 g/mol. The van der Waals surface area contributed by atoms with E-state index in [0.717, 1.165) is 18.5 Å². The van der Waals surface area contributed by atoms with Gasteiger partial charge in [-0.2, -0.15) is 0 Å². The minimum atomic E-state index is -0.288. The van der Waals surface area contributed by atoms with Crippen LogP contribution in [0.3, 0.4) is 0 Å². The van der Waals surface area contributed by atoms with Gasteiger partial charge in [0.1, 0.15) is 5.82 Å². The van der Waals surface area contributed by atoms with Crippen molar-refractivity contribution in [3.8, 4) is 0 Å². The first-order chi connectivity index (χ1) is 12.1. The number of nitrogens with zero attached hydrogens (tertiary/aromatic N) is 2. The molecular weight excluding hydrogens is 316 g/mol. The second-order valence-electron chi connectivity index (χ2n) is 6.09. The first-order valence-electron chi connectivity index (χ1n) is 8.32. The molecule has 0 aliphatic heterocycles. The number of hydrogen-bond acceptors (Lipinski definition) is 4. The van der Waals surface area contributed by atoms with Gasteiger partial charge in [-0.05, 0) is 44.0 Å². The van der Waals surface area contributed by atoms with Crippen LogP contribution in [0.15, 0.2) is 42.6 Å². The van der Waals surface area contributed by atoms with E-state index in [-0.39, 0.29) is 12.1 Å². The summed E-state index contributed by atoms with van der Waals surface area (Å²) in [6.07, 6.45) is 2.92. The van der Waals surface area contributed by atoms with Gasteiger partial charge < -0.3 is 15.6 Å². The fourth-order valence-corrected chi connectivity index (χ4v) is 2.57. The van der Waals surface area contributed by atoms with Crippen molar-refractivity contribution in [1.29, 1.82) is 0 Å². The van der Waals surface area contributed by atoms with Crippen LogP contribution in [0.5, 0.6) is 0 Å². The molecule has 2 heterocycles. The number of anilines is 2. The molecule has 0 unspecified atom stereocenters. The van der Waals surface area contributed by atoms with Gasteiger partial charge in [0.15, 0.2) is 5.82 Å². The highest BCUT2D eigenvalue weighted by molar-refractivity contribution is 5.88. The highest BCUT2D eigenvalue weighted by atomic mass is 16.2. The second-order valence-corrected chi connectivity index (χ2v) is 6.09. The number of aromatic amines is 1. The summed E-state index contributed by atoms with van der Waals surface area (Å²) in [7, 11) is 0. The van der Waals surface area contributed by atoms with Gasteiger partial charge in [-0.25, -0.2) is 4.79 Å². The minimum absolute atomic E-state index is 0.0680. The Morgan fingerprint density at radius 1 is 1.12 bits per heavy atom. The fraction of sp³-hybridized carbons (Fsp3) is 0.278. The standard InChI is InChI=1S/C18H22N6O/c1-12(2)21-18(25)22-17-8-7-16(23-24-17)19-10-9-13-11-20-15-6-4-3-5-14(13)15/h3-8,11-12,20H,9-10H2,1-2H3,(H,19,23)(H2,21,22,24,25). The number of hydrogen-bond donors (Lipinski definition) is 4. The lowest BCUT2D eigenvalue weighted by molar-refractivity contribution is 0.250. The van der Waals surface area contributed by atoms with Crippen molar-refractivity contribution >= 4 is 28.6 Å². The number of para-hydroxylation sites is 1. The van der Waals surface area contributed by atoms with Gasteiger partial charge in [0.2, 0.25) is 0 Å². The molecule has 130 valence electrons. The van der Waals surface area contributed by atoms with E-state index in [1.165, 1.54) is 10.9 Å². The zero-order valence-electron chi connectivity index (χ0n) is 14.3. The molecule has 0 saturated carbocycles. The van der Waals surface area contributed by atoms with E-state index >= 15 is 0 Å². The van der Waals surface area contributed by atoms with E-state index in [0.29, 0.717) is 11.6 Å². The zero-order chi connectivity index (χ0) is 17.6. The molecule has 1 aromatic carbocycles. The summed E-state index contributed by atoms with van der Waals surface area (Å²) in [5, 5.41) is 17.9. The molecule has 0 bridgehead atoms. The van der Waals surface area contributed by atoms with Gasteiger partial charge in [0.05, 0.1) is 0 Å². The van der Waals surface area contributed by atoms with Crippen LogP contribution in [0.25, 0.3) is 10.9 Å². The number of fused-ring (bicyclic) bond motifs is 1. The van der Waals surface area contributed by atoms with Crippen molar-refractivity contribution in [2.24, 2.45) is 0 Å². The number of H-pyrrole nitrogens is 1. The van der Waals surface area contributed by atoms with Crippen LogP contribution in [0.1, 0.15) is 19.4 Å². The van der Waals surface area contributed by atoms with Crippen molar-refractivity contribution in [2.45, 2.75) is 26.3 Å². The number of aromatic nitrogens is 3. The summed E-state index contributed by atoms with van der Waals surface area (Å²) in [5.41, 5.74) is 2.41. The van der Waals surface area contributed by atoms with E-state index in [9.17, 15) is 4.79 Å². The molecule has 7 heteroatoms. The molecule has 0 saturated heterocycles. The fourth-order valence-electron chi connectivity index (χ4n) is 2.57. The van der Waals surface area contributed by atoms with Crippen molar-refractivity contribution in [2.75, 3.05) is 17.2 Å². The predicted octanol–water partition coefficient (Wildman–Crippen LogP) is 3.14. The van der Waals surface area contributed by atoms with Gasteiger partial charge in [-0.1, -0.05) is 18.2 Å². The van der Waals surface area contributed by atoms with Crippen LogP contribution in [-0.4, -0.2) is 33.8 Å². The third-order valence-electron chi connectivity index (χ3n) is 3.70. The molecule has 0 spiro atoms. The average Bonchev–Trinajstić information content (AvgIpc) is 2.99. The Hall–Kier alpha value is -3.09. The van der Waals surface area contributed by atoms with E-state index in [4.69, 9.17) is 0 Å². The van der Waals surface area contributed by atoms with E-state index in [1.807, 2.05) is 32.2 Å². The highest BCUT2D eigenvalue weighted by Crippen LogP contribution is 2.18. The first-order valence-corrected chi connectivity index (χ1v) is 8.32. The van der Waals surface area contributed by atoms with E-state index in [2.05, 4.69) is 43.3 Å². The molecule has 4 N–H and O–H groups in total. The first kappa shape index (κ1) is 16.8. The number of amides is 2. The van der Waals surface area contributed by atoms with Gasteiger partial charge in [-0.3, -0.25) is 5.32 Å². The van der Waals surface area contributed by atoms with Gasteiger partial charge in [0, 0.05) is 29.7 Å². The Morgan fingerprint density at radius 2 is 1.88 bits per heavy atom. The molecule has 7 nitrogen and oxygen atoms in total. The Kier molecular flexibility index (Phi) is 5.13. The van der Waals surface area contributed by atoms with Gasteiger partial charge in [-0.15, -0.1) is 10.2 Å². The highest BCUT2D eigenvalue weighted by Gasteiger charge is 2.06. The molecule has 25 heavy (non-hydrogen) atoms. The Bertz CT molecular complexity index is 840. The summed E-state index contributed by atoms with van der Waals surface area (Å²) in [6, 6.07) is 11.5. The van der Waals surface area contributed by atoms with E-state index < -0.39 is 0 Å². The lowest BCUT2D eigenvalue weighted by atomic mass is 10.1. The number of benzene rings is 1. The van der Waals surface area contributed by atoms with Crippen LogP contribution in [-0.2, 0) is 6.42 Å². The summed E-state index contributed by atoms with van der Waals surface area (Å²) >= 11 is 0. The van der Waals surface area contributed by atoms with Gasteiger partial charge in [0.25, 0.3) is 0 Å². The Balaban J connectivity index is 1.51. The van der Waals surface area contributed by atoms with Crippen LogP contribution >= 0.6 is 0 Å². The van der Waals surface area contributed by atoms with Gasteiger partial charge >= 0.3 is 6.03 Å². The third-order valence-corrected chi connectivity index (χ3v) is 3.70. The lowest BCUT2D eigenvalue weighted by Gasteiger charge is -2.09. The SMILES string of the molecule is CC(C)NC(=O)Nc1ccc(NCCc2c[nH]c3ccccc23)nn1. The van der Waals surface area contributed by atoms with Crippen molar-refractivity contribution in [3.63, 3.8) is 0 Å². The van der Waals surface area contributed by atoms with E-state index in [1.54, 1.807) is 12.1 Å². The topological polar surface area (TPSA) is 94.7 Å². The molecule has 2 aromatic heterocycles. The Morgan fingerprint density at radius 3 is 2.64 bits per heavy atom. The largest absolute Gasteiger partial charge is 0.368 e. The molecule has 3 aromatic rings.